The zero-order valence-electron chi connectivity index (χ0n) is 17.5. The molecule has 0 saturated carbocycles. The van der Waals surface area contributed by atoms with Crippen molar-refractivity contribution in [3.05, 3.63) is 88.2 Å². The first kappa shape index (κ1) is 23.7. The molecule has 0 spiro atoms. The van der Waals surface area contributed by atoms with Gasteiger partial charge in [-0.25, -0.2) is 4.39 Å². The minimum absolute atomic E-state index is 0.0358. The van der Waals surface area contributed by atoms with Crippen molar-refractivity contribution in [3.63, 3.8) is 0 Å². The summed E-state index contributed by atoms with van der Waals surface area (Å²) in [6.45, 7) is 2.02. The third-order valence-electron chi connectivity index (χ3n) is 4.33. The fourth-order valence-electron chi connectivity index (χ4n) is 2.81. The van der Waals surface area contributed by atoms with Gasteiger partial charge in [-0.3, -0.25) is 19.7 Å². The zero-order valence-corrected chi connectivity index (χ0v) is 18.4. The Kier molecular flexibility index (Phi) is 7.98. The molecule has 0 bridgehead atoms. The van der Waals surface area contributed by atoms with Crippen LogP contribution in [0.2, 0.25) is 0 Å². The average molecular weight is 469 g/mol. The van der Waals surface area contributed by atoms with Gasteiger partial charge in [0.05, 0.1) is 23.6 Å². The Morgan fingerprint density at radius 1 is 1.06 bits per heavy atom. The Morgan fingerprint density at radius 2 is 1.79 bits per heavy atom. The minimum atomic E-state index is -0.695. The molecular weight excluding hydrogens is 449 g/mol. The standard InChI is InChI=1S/C23H20FN3O5S/c1-2-32-17-10-7-15(8-11-17)26-22(28)14-25-23(29)18-13-16(27(30)31)9-12-20(18)33-21-6-4-3-5-19(21)24/h3-13H,2,14H2,1H3,(H,25,29)(H,26,28). The largest absolute Gasteiger partial charge is 0.494 e. The lowest BCUT2D eigenvalue weighted by Gasteiger charge is -2.11. The van der Waals surface area contributed by atoms with Gasteiger partial charge in [0.25, 0.3) is 11.6 Å². The van der Waals surface area contributed by atoms with Crippen LogP contribution in [0.3, 0.4) is 0 Å². The van der Waals surface area contributed by atoms with Crippen LogP contribution in [-0.2, 0) is 4.79 Å². The summed E-state index contributed by atoms with van der Waals surface area (Å²) in [5, 5.41) is 16.3. The molecule has 0 aliphatic heterocycles. The monoisotopic (exact) mass is 469 g/mol. The van der Waals surface area contributed by atoms with Gasteiger partial charge in [-0.05, 0) is 49.4 Å². The first-order chi connectivity index (χ1) is 15.9. The Bertz CT molecular complexity index is 1170. The van der Waals surface area contributed by atoms with E-state index in [2.05, 4.69) is 10.6 Å². The van der Waals surface area contributed by atoms with E-state index < -0.39 is 22.6 Å². The normalized spacial score (nSPS) is 10.4. The maximum Gasteiger partial charge on any atom is 0.270 e. The summed E-state index contributed by atoms with van der Waals surface area (Å²) in [7, 11) is 0. The molecule has 0 atom stereocenters. The van der Waals surface area contributed by atoms with Gasteiger partial charge < -0.3 is 15.4 Å². The van der Waals surface area contributed by atoms with Crippen LogP contribution in [0.15, 0.2) is 76.5 Å². The number of rotatable bonds is 9. The summed E-state index contributed by atoms with van der Waals surface area (Å²) in [4.78, 5) is 36.1. The topological polar surface area (TPSA) is 111 Å². The lowest BCUT2D eigenvalue weighted by atomic mass is 10.2. The summed E-state index contributed by atoms with van der Waals surface area (Å²) in [6.07, 6.45) is 0. The number of nitrogens with one attached hydrogen (secondary N) is 2. The molecule has 3 rings (SSSR count). The third-order valence-corrected chi connectivity index (χ3v) is 5.46. The van der Waals surface area contributed by atoms with Crippen molar-refractivity contribution in [1.82, 2.24) is 5.32 Å². The Hall–Kier alpha value is -3.92. The van der Waals surface area contributed by atoms with Gasteiger partial charge in [-0.1, -0.05) is 23.9 Å². The van der Waals surface area contributed by atoms with E-state index >= 15 is 0 Å². The van der Waals surface area contributed by atoms with Crippen LogP contribution in [0.5, 0.6) is 5.75 Å². The molecular formula is C23H20FN3O5S. The molecule has 170 valence electrons. The van der Waals surface area contributed by atoms with Gasteiger partial charge in [0.2, 0.25) is 5.91 Å². The lowest BCUT2D eigenvalue weighted by Crippen LogP contribution is -2.33. The smallest absolute Gasteiger partial charge is 0.270 e. The predicted molar refractivity (Wildman–Crippen MR) is 122 cm³/mol. The first-order valence-corrected chi connectivity index (χ1v) is 10.7. The highest BCUT2D eigenvalue weighted by Gasteiger charge is 2.19. The van der Waals surface area contributed by atoms with Gasteiger partial charge in [0.15, 0.2) is 0 Å². The number of carbonyl (C=O) groups is 2. The van der Waals surface area contributed by atoms with E-state index in [-0.39, 0.29) is 22.7 Å². The number of benzene rings is 3. The highest BCUT2D eigenvalue weighted by atomic mass is 32.2. The molecule has 10 heteroatoms. The third kappa shape index (κ3) is 6.53. The molecule has 0 unspecified atom stereocenters. The number of nitro benzene ring substituents is 1. The predicted octanol–water partition coefficient (Wildman–Crippen LogP) is 4.65. The Morgan fingerprint density at radius 3 is 2.45 bits per heavy atom. The second kappa shape index (κ2) is 11.1. The van der Waals surface area contributed by atoms with Crippen molar-refractivity contribution in [1.29, 1.82) is 0 Å². The molecule has 33 heavy (non-hydrogen) atoms. The highest BCUT2D eigenvalue weighted by molar-refractivity contribution is 7.99. The summed E-state index contributed by atoms with van der Waals surface area (Å²) >= 11 is 0.961. The van der Waals surface area contributed by atoms with Crippen LogP contribution in [0.1, 0.15) is 17.3 Å². The SMILES string of the molecule is CCOc1ccc(NC(=O)CNC(=O)c2cc([N+](=O)[O-])ccc2Sc2ccccc2F)cc1. The van der Waals surface area contributed by atoms with Crippen molar-refractivity contribution in [3.8, 4) is 5.75 Å². The van der Waals surface area contributed by atoms with Gasteiger partial charge in [0, 0.05) is 27.6 Å². The minimum Gasteiger partial charge on any atom is -0.494 e. The second-order valence-electron chi connectivity index (χ2n) is 6.66. The van der Waals surface area contributed by atoms with E-state index in [1.54, 1.807) is 30.3 Å². The fourth-order valence-corrected chi connectivity index (χ4v) is 3.75. The zero-order chi connectivity index (χ0) is 23.8. The van der Waals surface area contributed by atoms with Crippen molar-refractivity contribution in [2.24, 2.45) is 0 Å². The molecule has 8 nitrogen and oxygen atoms in total. The number of non-ortho nitro benzene ring substituents is 1. The summed E-state index contributed by atoms with van der Waals surface area (Å²) in [6, 6.07) is 16.4. The number of hydrogen-bond acceptors (Lipinski definition) is 6. The van der Waals surface area contributed by atoms with Crippen LogP contribution in [0.25, 0.3) is 0 Å². The van der Waals surface area contributed by atoms with Crippen molar-refractivity contribution in [2.45, 2.75) is 16.7 Å². The molecule has 2 N–H and O–H groups in total. The van der Waals surface area contributed by atoms with Crippen molar-refractivity contribution < 1.29 is 23.6 Å². The average Bonchev–Trinajstić information content (AvgIpc) is 2.80. The first-order valence-electron chi connectivity index (χ1n) is 9.89. The van der Waals surface area contributed by atoms with E-state index in [0.717, 1.165) is 17.8 Å². The molecule has 0 aromatic heterocycles. The van der Waals surface area contributed by atoms with E-state index in [1.807, 2.05) is 6.92 Å². The van der Waals surface area contributed by atoms with Gasteiger partial charge in [-0.2, -0.15) is 0 Å². The molecule has 0 aliphatic rings. The highest BCUT2D eigenvalue weighted by Crippen LogP contribution is 2.34. The molecule has 0 radical (unpaired) electrons. The van der Waals surface area contributed by atoms with Crippen LogP contribution in [-0.4, -0.2) is 29.9 Å². The maximum atomic E-state index is 14.1. The van der Waals surface area contributed by atoms with E-state index in [1.165, 1.54) is 30.3 Å². The van der Waals surface area contributed by atoms with E-state index in [4.69, 9.17) is 4.74 Å². The molecule has 0 fully saturated rings. The number of halogens is 1. The fraction of sp³-hybridized carbons (Fsp3) is 0.130. The number of anilines is 1. The van der Waals surface area contributed by atoms with Crippen LogP contribution in [0.4, 0.5) is 15.8 Å². The number of carbonyl (C=O) groups excluding carboxylic acids is 2. The van der Waals surface area contributed by atoms with E-state index in [0.29, 0.717) is 22.9 Å². The van der Waals surface area contributed by atoms with Crippen LogP contribution in [0, 0.1) is 15.9 Å². The second-order valence-corrected chi connectivity index (χ2v) is 7.74. The molecule has 0 saturated heterocycles. The van der Waals surface area contributed by atoms with E-state index in [9.17, 15) is 24.1 Å². The van der Waals surface area contributed by atoms with Crippen molar-refractivity contribution in [2.75, 3.05) is 18.5 Å². The Balaban J connectivity index is 1.70. The number of hydrogen-bond donors (Lipinski definition) is 2. The summed E-state index contributed by atoms with van der Waals surface area (Å²) < 4.78 is 19.4. The van der Waals surface area contributed by atoms with Crippen molar-refractivity contribution >= 4 is 35.0 Å². The van der Waals surface area contributed by atoms with Crippen LogP contribution < -0.4 is 15.4 Å². The maximum absolute atomic E-state index is 14.1. The number of ether oxygens (including phenoxy) is 1. The molecule has 0 aliphatic carbocycles. The Labute approximate surface area is 193 Å². The number of nitrogens with zero attached hydrogens (tertiary/aromatic N) is 1. The van der Waals surface area contributed by atoms with Gasteiger partial charge in [0.1, 0.15) is 11.6 Å². The molecule has 3 aromatic carbocycles. The molecule has 0 heterocycles. The quantitative estimate of drug-likeness (QED) is 0.349. The summed E-state index contributed by atoms with van der Waals surface area (Å²) in [5.74, 6) is -1.00. The van der Waals surface area contributed by atoms with Crippen LogP contribution >= 0.6 is 11.8 Å². The molecule has 3 aromatic rings. The molecule has 2 amide bonds. The lowest BCUT2D eigenvalue weighted by molar-refractivity contribution is -0.384. The van der Waals surface area contributed by atoms with Gasteiger partial charge >= 0.3 is 0 Å². The summed E-state index contributed by atoms with van der Waals surface area (Å²) in [5.41, 5.74) is 0.187. The number of amides is 2. The van der Waals surface area contributed by atoms with Gasteiger partial charge in [-0.15, -0.1) is 0 Å². The number of nitro groups is 1.